The molecule has 0 aromatic rings. The molecule has 0 unspecified atom stereocenters. The van der Waals surface area contributed by atoms with Gasteiger partial charge in [-0.2, -0.15) is 13.2 Å². The van der Waals surface area contributed by atoms with Gasteiger partial charge >= 0.3 is 6.18 Å². The minimum atomic E-state index is -4.04. The zero-order valence-electron chi connectivity index (χ0n) is 8.89. The molecule has 0 aliphatic rings. The minimum Gasteiger partial charge on any atom is -0.171 e. The second-order valence-corrected chi connectivity index (χ2v) is 6.93. The molecule has 0 aliphatic heterocycles. The number of alkyl halides is 3. The highest BCUT2D eigenvalue weighted by Gasteiger charge is 2.33. The summed E-state index contributed by atoms with van der Waals surface area (Å²) < 4.78 is 36.5. The summed E-state index contributed by atoms with van der Waals surface area (Å²) in [6.45, 7) is 7.65. The van der Waals surface area contributed by atoms with Gasteiger partial charge in [0.2, 0.25) is 0 Å². The van der Waals surface area contributed by atoms with E-state index < -0.39 is 12.6 Å². The third-order valence-corrected chi connectivity index (χ3v) is 5.23. The molecule has 0 aliphatic carbocycles. The maximum atomic E-state index is 12.2. The molecule has 86 valence electrons. The van der Waals surface area contributed by atoms with Crippen molar-refractivity contribution in [3.05, 3.63) is 0 Å². The summed E-state index contributed by atoms with van der Waals surface area (Å²) in [4.78, 5) is 0. The van der Waals surface area contributed by atoms with Crippen LogP contribution in [0.1, 0.15) is 34.1 Å². The van der Waals surface area contributed by atoms with Gasteiger partial charge in [0.05, 0.1) is 6.42 Å². The van der Waals surface area contributed by atoms with Crippen molar-refractivity contribution >= 4 is 21.6 Å². The second kappa shape index (κ2) is 6.16. The normalized spacial score (nSPS) is 15.2. The Kier molecular flexibility index (Phi) is 6.37. The van der Waals surface area contributed by atoms with Crippen molar-refractivity contribution in [3.8, 4) is 0 Å². The molecular formula is C9H17F3S2. The van der Waals surface area contributed by atoms with Gasteiger partial charge in [0.15, 0.2) is 0 Å². The molecule has 0 radical (unpaired) electrons. The second-order valence-electron chi connectivity index (χ2n) is 3.84. The first-order valence-electron chi connectivity index (χ1n) is 4.61. The SMILES string of the molecule is CC(C)SS[C@@H](CC(F)(F)F)C(C)C. The molecule has 0 rings (SSSR count). The summed E-state index contributed by atoms with van der Waals surface area (Å²) in [5.41, 5.74) is 0. The van der Waals surface area contributed by atoms with Gasteiger partial charge in [0.25, 0.3) is 0 Å². The number of halogens is 3. The molecule has 0 saturated heterocycles. The van der Waals surface area contributed by atoms with Gasteiger partial charge in [-0.3, -0.25) is 0 Å². The summed E-state index contributed by atoms with van der Waals surface area (Å²) >= 11 is 0. The highest BCUT2D eigenvalue weighted by Crippen LogP contribution is 2.39. The van der Waals surface area contributed by atoms with Crippen molar-refractivity contribution in [1.29, 1.82) is 0 Å². The van der Waals surface area contributed by atoms with Crippen LogP contribution in [0.15, 0.2) is 0 Å². The third kappa shape index (κ3) is 7.85. The molecule has 5 heteroatoms. The average Bonchev–Trinajstić information content (AvgIpc) is 1.94. The lowest BCUT2D eigenvalue weighted by molar-refractivity contribution is -0.135. The van der Waals surface area contributed by atoms with E-state index in [1.165, 1.54) is 21.6 Å². The number of hydrogen-bond donors (Lipinski definition) is 0. The van der Waals surface area contributed by atoms with Gasteiger partial charge in [0.1, 0.15) is 0 Å². The molecule has 0 heterocycles. The molecule has 0 spiro atoms. The highest BCUT2D eigenvalue weighted by atomic mass is 33.1. The van der Waals surface area contributed by atoms with Crippen molar-refractivity contribution in [2.45, 2.75) is 50.8 Å². The van der Waals surface area contributed by atoms with E-state index in [4.69, 9.17) is 0 Å². The molecule has 0 aromatic heterocycles. The zero-order valence-corrected chi connectivity index (χ0v) is 10.5. The molecule has 1 atom stereocenters. The quantitative estimate of drug-likeness (QED) is 0.642. The predicted molar refractivity (Wildman–Crippen MR) is 59.6 cm³/mol. The van der Waals surface area contributed by atoms with Gasteiger partial charge in [-0.25, -0.2) is 0 Å². The Hall–Kier alpha value is 0.490. The summed E-state index contributed by atoms with van der Waals surface area (Å²) in [5.74, 6) is 0.0628. The Labute approximate surface area is 91.8 Å². The summed E-state index contributed by atoms with van der Waals surface area (Å²) in [6, 6.07) is 0. The van der Waals surface area contributed by atoms with E-state index in [2.05, 4.69) is 0 Å². The number of rotatable bonds is 5. The Morgan fingerprint density at radius 3 is 1.79 bits per heavy atom. The van der Waals surface area contributed by atoms with Crippen LogP contribution in [0.3, 0.4) is 0 Å². The smallest absolute Gasteiger partial charge is 0.171 e. The van der Waals surface area contributed by atoms with Crippen LogP contribution < -0.4 is 0 Å². The molecule has 0 aromatic carbocycles. The van der Waals surface area contributed by atoms with Crippen molar-refractivity contribution in [2.24, 2.45) is 5.92 Å². The zero-order chi connectivity index (χ0) is 11.4. The molecular weight excluding hydrogens is 229 g/mol. The Balaban J connectivity index is 4.03. The largest absolute Gasteiger partial charge is 0.390 e. The molecule has 0 amide bonds. The van der Waals surface area contributed by atoms with Gasteiger partial charge in [-0.05, 0) is 5.92 Å². The van der Waals surface area contributed by atoms with Gasteiger partial charge < -0.3 is 0 Å². The van der Waals surface area contributed by atoms with E-state index in [1.807, 2.05) is 27.7 Å². The lowest BCUT2D eigenvalue weighted by Gasteiger charge is -2.21. The first kappa shape index (κ1) is 14.5. The van der Waals surface area contributed by atoms with Crippen LogP contribution in [0.25, 0.3) is 0 Å². The van der Waals surface area contributed by atoms with Crippen LogP contribution in [0.2, 0.25) is 0 Å². The molecule has 0 fully saturated rings. The van der Waals surface area contributed by atoms with E-state index in [1.54, 1.807) is 0 Å². The lowest BCUT2D eigenvalue weighted by Crippen LogP contribution is -2.21. The van der Waals surface area contributed by atoms with Crippen LogP contribution >= 0.6 is 21.6 Å². The fourth-order valence-electron chi connectivity index (χ4n) is 0.791. The first-order chi connectivity index (χ1) is 6.22. The van der Waals surface area contributed by atoms with Crippen molar-refractivity contribution < 1.29 is 13.2 Å². The van der Waals surface area contributed by atoms with Crippen molar-refractivity contribution in [2.75, 3.05) is 0 Å². The summed E-state index contributed by atoms with van der Waals surface area (Å²) in [7, 11) is 2.89. The van der Waals surface area contributed by atoms with Gasteiger partial charge in [0, 0.05) is 10.5 Å². The Morgan fingerprint density at radius 2 is 1.50 bits per heavy atom. The van der Waals surface area contributed by atoms with Crippen LogP contribution in [-0.2, 0) is 0 Å². The minimum absolute atomic E-state index is 0.0628. The fraction of sp³-hybridized carbons (Fsp3) is 1.00. The highest BCUT2D eigenvalue weighted by molar-refractivity contribution is 8.77. The monoisotopic (exact) mass is 246 g/mol. The van der Waals surface area contributed by atoms with E-state index in [0.717, 1.165) is 0 Å². The maximum Gasteiger partial charge on any atom is 0.390 e. The summed E-state index contributed by atoms with van der Waals surface area (Å²) in [6.07, 6.45) is -4.73. The fourth-order valence-corrected chi connectivity index (χ4v) is 3.60. The van der Waals surface area contributed by atoms with Crippen molar-refractivity contribution in [3.63, 3.8) is 0 Å². The van der Waals surface area contributed by atoms with Crippen LogP contribution in [0.5, 0.6) is 0 Å². The van der Waals surface area contributed by atoms with Gasteiger partial charge in [-0.15, -0.1) is 0 Å². The van der Waals surface area contributed by atoms with Gasteiger partial charge in [-0.1, -0.05) is 49.3 Å². The summed E-state index contributed by atoms with van der Waals surface area (Å²) in [5, 5.41) is 0.0388. The lowest BCUT2D eigenvalue weighted by atomic mass is 10.1. The molecule has 0 N–H and O–H groups in total. The topological polar surface area (TPSA) is 0 Å². The Bertz CT molecular complexity index is 155. The van der Waals surface area contributed by atoms with Crippen LogP contribution in [0.4, 0.5) is 13.2 Å². The standard InChI is InChI=1S/C9H17F3S2/c1-6(2)8(5-9(10,11)12)14-13-7(3)4/h6-8H,5H2,1-4H3/t8-/m0/s1. The molecule has 0 bridgehead atoms. The number of hydrogen-bond acceptors (Lipinski definition) is 2. The Morgan fingerprint density at radius 1 is 1.00 bits per heavy atom. The molecule has 0 nitrogen and oxygen atoms in total. The van der Waals surface area contributed by atoms with Crippen molar-refractivity contribution in [1.82, 2.24) is 0 Å². The maximum absolute atomic E-state index is 12.2. The first-order valence-corrected chi connectivity index (χ1v) is 6.89. The third-order valence-electron chi connectivity index (χ3n) is 1.55. The van der Waals surface area contributed by atoms with Crippen LogP contribution in [0, 0.1) is 5.92 Å². The average molecular weight is 246 g/mol. The van der Waals surface area contributed by atoms with E-state index in [-0.39, 0.29) is 11.2 Å². The molecule has 0 saturated carbocycles. The predicted octanol–water partition coefficient (Wildman–Crippen LogP) is 4.75. The van der Waals surface area contributed by atoms with E-state index >= 15 is 0 Å². The van der Waals surface area contributed by atoms with E-state index in [0.29, 0.717) is 5.25 Å². The van der Waals surface area contributed by atoms with E-state index in [9.17, 15) is 13.2 Å². The van der Waals surface area contributed by atoms with Crippen LogP contribution in [-0.4, -0.2) is 16.7 Å². The molecule has 14 heavy (non-hydrogen) atoms.